The van der Waals surface area contributed by atoms with Gasteiger partial charge < -0.3 is 5.32 Å². The van der Waals surface area contributed by atoms with Gasteiger partial charge in [-0.2, -0.15) is 0 Å². The first-order valence-electron chi connectivity index (χ1n) is 6.33. The highest BCUT2D eigenvalue weighted by atomic mass is 79.9. The van der Waals surface area contributed by atoms with E-state index in [0.717, 1.165) is 26.7 Å². The standard InChI is InChI=1S/C15H15Br2FN2/c1-3-19-14(10-4-5-13(18)9(2)6-10)15-12(17)7-11(16)8-20-15/h4-8,14,19H,3H2,1-2H3. The van der Waals surface area contributed by atoms with E-state index < -0.39 is 0 Å². The van der Waals surface area contributed by atoms with E-state index >= 15 is 0 Å². The van der Waals surface area contributed by atoms with Crippen molar-refractivity contribution in [3.63, 3.8) is 0 Å². The molecule has 2 nitrogen and oxygen atoms in total. The van der Waals surface area contributed by atoms with Crippen LogP contribution in [0.15, 0.2) is 39.4 Å². The first-order chi connectivity index (χ1) is 9.52. The summed E-state index contributed by atoms with van der Waals surface area (Å²) >= 11 is 6.94. The Bertz CT molecular complexity index is 617. The second kappa shape index (κ2) is 6.78. The molecule has 0 aliphatic heterocycles. The third-order valence-electron chi connectivity index (χ3n) is 3.03. The lowest BCUT2D eigenvalue weighted by Crippen LogP contribution is -2.23. The molecule has 1 N–H and O–H groups in total. The Kier molecular flexibility index (Phi) is 5.29. The maximum absolute atomic E-state index is 13.4. The molecule has 0 radical (unpaired) electrons. The third kappa shape index (κ3) is 3.45. The fraction of sp³-hybridized carbons (Fsp3) is 0.267. The van der Waals surface area contributed by atoms with Gasteiger partial charge in [0.2, 0.25) is 0 Å². The Morgan fingerprint density at radius 1 is 1.30 bits per heavy atom. The van der Waals surface area contributed by atoms with Gasteiger partial charge in [-0.25, -0.2) is 4.39 Å². The minimum absolute atomic E-state index is 0.0678. The van der Waals surface area contributed by atoms with Gasteiger partial charge in [0, 0.05) is 15.1 Å². The number of rotatable bonds is 4. The van der Waals surface area contributed by atoms with E-state index in [4.69, 9.17) is 0 Å². The molecule has 5 heteroatoms. The zero-order chi connectivity index (χ0) is 14.7. The predicted molar refractivity (Wildman–Crippen MR) is 86.3 cm³/mol. The Labute approximate surface area is 135 Å². The lowest BCUT2D eigenvalue weighted by Gasteiger charge is -2.20. The maximum Gasteiger partial charge on any atom is 0.126 e. The van der Waals surface area contributed by atoms with Gasteiger partial charge in [-0.1, -0.05) is 19.1 Å². The summed E-state index contributed by atoms with van der Waals surface area (Å²) in [5.74, 6) is -0.188. The van der Waals surface area contributed by atoms with Crippen molar-refractivity contribution in [1.82, 2.24) is 10.3 Å². The van der Waals surface area contributed by atoms with Crippen LogP contribution in [0.5, 0.6) is 0 Å². The molecule has 0 saturated carbocycles. The molecule has 1 heterocycles. The number of nitrogens with zero attached hydrogens (tertiary/aromatic N) is 1. The van der Waals surface area contributed by atoms with Gasteiger partial charge in [-0.3, -0.25) is 4.98 Å². The van der Waals surface area contributed by atoms with Gasteiger partial charge in [-0.15, -0.1) is 0 Å². The minimum Gasteiger partial charge on any atom is -0.305 e. The molecule has 0 aliphatic carbocycles. The van der Waals surface area contributed by atoms with E-state index in [2.05, 4.69) is 42.2 Å². The van der Waals surface area contributed by atoms with Crippen LogP contribution < -0.4 is 5.32 Å². The number of halogens is 3. The first kappa shape index (κ1) is 15.6. The average molecular weight is 402 g/mol. The normalized spacial score (nSPS) is 12.4. The molecule has 0 spiro atoms. The summed E-state index contributed by atoms with van der Waals surface area (Å²) in [7, 11) is 0. The Hall–Kier alpha value is -0.780. The van der Waals surface area contributed by atoms with E-state index in [1.165, 1.54) is 6.07 Å². The fourth-order valence-corrected chi connectivity index (χ4v) is 3.28. The molecule has 2 aromatic rings. The molecule has 1 aromatic heterocycles. The maximum atomic E-state index is 13.4. The van der Waals surface area contributed by atoms with Crippen LogP contribution in [0.2, 0.25) is 0 Å². The van der Waals surface area contributed by atoms with Gasteiger partial charge in [0.05, 0.1) is 11.7 Å². The number of hydrogen-bond donors (Lipinski definition) is 1. The van der Waals surface area contributed by atoms with Crippen molar-refractivity contribution in [2.24, 2.45) is 0 Å². The van der Waals surface area contributed by atoms with Crippen molar-refractivity contribution in [2.45, 2.75) is 19.9 Å². The van der Waals surface area contributed by atoms with Crippen LogP contribution >= 0.6 is 31.9 Å². The van der Waals surface area contributed by atoms with Gasteiger partial charge in [0.1, 0.15) is 5.82 Å². The molecule has 1 aromatic carbocycles. The summed E-state index contributed by atoms with van der Waals surface area (Å²) in [5.41, 5.74) is 2.53. The molecular weight excluding hydrogens is 387 g/mol. The van der Waals surface area contributed by atoms with Crippen LogP contribution in [0.25, 0.3) is 0 Å². The number of aromatic nitrogens is 1. The summed E-state index contributed by atoms with van der Waals surface area (Å²) in [6, 6.07) is 7.05. The molecular formula is C15H15Br2FN2. The molecule has 1 atom stereocenters. The highest BCUT2D eigenvalue weighted by molar-refractivity contribution is 9.11. The zero-order valence-electron chi connectivity index (χ0n) is 11.3. The van der Waals surface area contributed by atoms with E-state index in [-0.39, 0.29) is 11.9 Å². The fourth-order valence-electron chi connectivity index (χ4n) is 2.06. The van der Waals surface area contributed by atoms with Crippen LogP contribution in [0.4, 0.5) is 4.39 Å². The van der Waals surface area contributed by atoms with E-state index in [0.29, 0.717) is 5.56 Å². The molecule has 0 saturated heterocycles. The lowest BCUT2D eigenvalue weighted by molar-refractivity contribution is 0.598. The number of pyridine rings is 1. The molecule has 106 valence electrons. The van der Waals surface area contributed by atoms with E-state index in [1.54, 1.807) is 19.2 Å². The zero-order valence-corrected chi connectivity index (χ0v) is 14.4. The predicted octanol–water partition coefficient (Wildman–Crippen LogP) is 4.75. The van der Waals surface area contributed by atoms with Crippen LogP contribution in [0, 0.1) is 12.7 Å². The molecule has 0 bridgehead atoms. The number of benzene rings is 1. The summed E-state index contributed by atoms with van der Waals surface area (Å²) < 4.78 is 15.3. The summed E-state index contributed by atoms with van der Waals surface area (Å²) in [4.78, 5) is 4.48. The SMILES string of the molecule is CCNC(c1ccc(F)c(C)c1)c1ncc(Br)cc1Br. The molecule has 20 heavy (non-hydrogen) atoms. The molecule has 0 amide bonds. The largest absolute Gasteiger partial charge is 0.305 e. The topological polar surface area (TPSA) is 24.9 Å². The summed E-state index contributed by atoms with van der Waals surface area (Å²) in [6.45, 7) is 4.60. The Morgan fingerprint density at radius 2 is 2.05 bits per heavy atom. The minimum atomic E-state index is -0.188. The van der Waals surface area contributed by atoms with Gasteiger partial charge in [0.15, 0.2) is 0 Å². The monoisotopic (exact) mass is 400 g/mol. The molecule has 0 fully saturated rings. The Balaban J connectivity index is 2.47. The highest BCUT2D eigenvalue weighted by Gasteiger charge is 2.18. The number of aryl methyl sites for hydroxylation is 1. The average Bonchev–Trinajstić information content (AvgIpc) is 2.40. The van der Waals surface area contributed by atoms with Gasteiger partial charge in [-0.05, 0) is 68.6 Å². The van der Waals surface area contributed by atoms with Gasteiger partial charge in [0.25, 0.3) is 0 Å². The summed E-state index contributed by atoms with van der Waals surface area (Å²) in [5, 5.41) is 3.39. The van der Waals surface area contributed by atoms with Crippen molar-refractivity contribution in [2.75, 3.05) is 6.54 Å². The second-order valence-corrected chi connectivity index (χ2v) is 6.29. The lowest BCUT2D eigenvalue weighted by atomic mass is 10.0. The van der Waals surface area contributed by atoms with Crippen LogP contribution in [0.3, 0.4) is 0 Å². The number of hydrogen-bond acceptors (Lipinski definition) is 2. The second-order valence-electron chi connectivity index (χ2n) is 4.52. The molecule has 2 rings (SSSR count). The van der Waals surface area contributed by atoms with Gasteiger partial charge >= 0.3 is 0 Å². The van der Waals surface area contributed by atoms with Crippen molar-refractivity contribution in [3.05, 3.63) is 62.0 Å². The third-order valence-corrected chi connectivity index (χ3v) is 4.10. The molecule has 1 unspecified atom stereocenters. The first-order valence-corrected chi connectivity index (χ1v) is 7.92. The van der Waals surface area contributed by atoms with Crippen molar-refractivity contribution >= 4 is 31.9 Å². The number of nitrogens with one attached hydrogen (secondary N) is 1. The quantitative estimate of drug-likeness (QED) is 0.799. The van der Waals surface area contributed by atoms with Crippen molar-refractivity contribution in [1.29, 1.82) is 0 Å². The van der Waals surface area contributed by atoms with E-state index in [9.17, 15) is 4.39 Å². The Morgan fingerprint density at radius 3 is 2.65 bits per heavy atom. The van der Waals surface area contributed by atoms with E-state index in [1.807, 2.05) is 19.1 Å². The van der Waals surface area contributed by atoms with Crippen molar-refractivity contribution in [3.8, 4) is 0 Å². The highest BCUT2D eigenvalue weighted by Crippen LogP contribution is 2.29. The van der Waals surface area contributed by atoms with Crippen molar-refractivity contribution < 1.29 is 4.39 Å². The van der Waals surface area contributed by atoms with Crippen LogP contribution in [-0.2, 0) is 0 Å². The smallest absolute Gasteiger partial charge is 0.126 e. The molecule has 0 aliphatic rings. The van der Waals surface area contributed by atoms with Crippen LogP contribution in [-0.4, -0.2) is 11.5 Å². The van der Waals surface area contributed by atoms with Crippen LogP contribution in [0.1, 0.15) is 29.8 Å². The summed E-state index contributed by atoms with van der Waals surface area (Å²) in [6.07, 6.45) is 1.76.